The summed E-state index contributed by atoms with van der Waals surface area (Å²) in [7, 11) is 0. The summed E-state index contributed by atoms with van der Waals surface area (Å²) in [4.78, 5) is 13.9. The van der Waals surface area contributed by atoms with E-state index in [1.807, 2.05) is 0 Å². The van der Waals surface area contributed by atoms with Gasteiger partial charge in [0.05, 0.1) is 6.42 Å². The van der Waals surface area contributed by atoms with Crippen LogP contribution >= 0.6 is 0 Å². The summed E-state index contributed by atoms with van der Waals surface area (Å²) in [5.74, 6) is -1.33. The molecule has 0 unspecified atom stereocenters. The van der Waals surface area contributed by atoms with Crippen molar-refractivity contribution in [1.82, 2.24) is 4.90 Å². The first-order valence-corrected chi connectivity index (χ1v) is 7.05. The maximum atomic E-state index is 13.5. The SMILES string of the molecule is O=C(Cc1ccc(F)cc1F)N1CCC(=C2CC2)CC1. The highest BCUT2D eigenvalue weighted by Crippen LogP contribution is 2.36. The maximum Gasteiger partial charge on any atom is 0.227 e. The van der Waals surface area contributed by atoms with Crippen molar-refractivity contribution in [2.24, 2.45) is 0 Å². The molecule has 4 heteroatoms. The minimum atomic E-state index is -0.642. The van der Waals surface area contributed by atoms with Gasteiger partial charge in [-0.05, 0) is 37.3 Å². The molecule has 3 rings (SSSR count). The van der Waals surface area contributed by atoms with Crippen molar-refractivity contribution in [2.45, 2.75) is 32.1 Å². The number of rotatable bonds is 2. The first-order chi connectivity index (χ1) is 9.63. The standard InChI is InChI=1S/C16H17F2NO/c17-14-4-3-13(15(18)10-14)9-16(20)19-7-5-12(6-8-19)11-1-2-11/h3-4,10H,1-2,5-9H2. The van der Waals surface area contributed by atoms with Gasteiger partial charge in [0.2, 0.25) is 5.91 Å². The summed E-state index contributed by atoms with van der Waals surface area (Å²) in [6.45, 7) is 1.45. The molecule has 1 saturated carbocycles. The van der Waals surface area contributed by atoms with Gasteiger partial charge in [0, 0.05) is 19.2 Å². The van der Waals surface area contributed by atoms with E-state index in [9.17, 15) is 13.6 Å². The van der Waals surface area contributed by atoms with Crippen LogP contribution in [-0.2, 0) is 11.2 Å². The van der Waals surface area contributed by atoms with Crippen molar-refractivity contribution in [3.8, 4) is 0 Å². The Balaban J connectivity index is 1.61. The lowest BCUT2D eigenvalue weighted by atomic mass is 10.0. The van der Waals surface area contributed by atoms with E-state index >= 15 is 0 Å². The average molecular weight is 277 g/mol. The fourth-order valence-corrected chi connectivity index (χ4v) is 2.74. The Labute approximate surface area is 117 Å². The summed E-state index contributed by atoms with van der Waals surface area (Å²) < 4.78 is 26.4. The fourth-order valence-electron chi connectivity index (χ4n) is 2.74. The van der Waals surface area contributed by atoms with Crippen molar-refractivity contribution in [2.75, 3.05) is 13.1 Å². The molecule has 106 valence electrons. The number of allylic oxidation sites excluding steroid dienone is 1. The fraction of sp³-hybridized carbons (Fsp3) is 0.438. The first kappa shape index (κ1) is 13.3. The quantitative estimate of drug-likeness (QED) is 0.760. The summed E-state index contributed by atoms with van der Waals surface area (Å²) in [6.07, 6.45) is 4.37. The lowest BCUT2D eigenvalue weighted by Crippen LogP contribution is -2.37. The average Bonchev–Trinajstić information content (AvgIpc) is 3.26. The summed E-state index contributed by atoms with van der Waals surface area (Å²) in [5, 5.41) is 0. The molecule has 2 nitrogen and oxygen atoms in total. The van der Waals surface area contributed by atoms with Crippen LogP contribution in [0.1, 0.15) is 31.2 Å². The highest BCUT2D eigenvalue weighted by molar-refractivity contribution is 5.79. The normalized spacial score (nSPS) is 18.4. The van der Waals surface area contributed by atoms with Gasteiger partial charge >= 0.3 is 0 Å². The molecule has 1 saturated heterocycles. The number of amides is 1. The second kappa shape index (κ2) is 5.35. The van der Waals surface area contributed by atoms with Crippen molar-refractivity contribution in [3.63, 3.8) is 0 Å². The molecule has 1 aromatic carbocycles. The summed E-state index contributed by atoms with van der Waals surface area (Å²) in [6, 6.07) is 3.37. The van der Waals surface area contributed by atoms with E-state index < -0.39 is 11.6 Å². The molecule has 0 bridgehead atoms. The van der Waals surface area contributed by atoms with Gasteiger partial charge in [-0.25, -0.2) is 8.78 Å². The van der Waals surface area contributed by atoms with Gasteiger partial charge in [-0.2, -0.15) is 0 Å². The highest BCUT2D eigenvalue weighted by Gasteiger charge is 2.24. The van der Waals surface area contributed by atoms with E-state index in [0.29, 0.717) is 0 Å². The monoisotopic (exact) mass is 277 g/mol. The first-order valence-electron chi connectivity index (χ1n) is 7.05. The van der Waals surface area contributed by atoms with Crippen molar-refractivity contribution >= 4 is 5.91 Å². The Morgan fingerprint density at radius 2 is 1.70 bits per heavy atom. The van der Waals surface area contributed by atoms with Gasteiger partial charge in [-0.1, -0.05) is 17.2 Å². The number of likely N-dealkylation sites (tertiary alicyclic amines) is 1. The van der Waals surface area contributed by atoms with Crippen LogP contribution in [0.25, 0.3) is 0 Å². The van der Waals surface area contributed by atoms with E-state index in [1.165, 1.54) is 30.5 Å². The second-order valence-corrected chi connectivity index (χ2v) is 5.50. The van der Waals surface area contributed by atoms with Crippen LogP contribution in [0.2, 0.25) is 0 Å². The Hall–Kier alpha value is -1.71. The Morgan fingerprint density at radius 1 is 1.05 bits per heavy atom. The van der Waals surface area contributed by atoms with Crippen LogP contribution in [0, 0.1) is 11.6 Å². The van der Waals surface area contributed by atoms with Crippen LogP contribution in [-0.4, -0.2) is 23.9 Å². The molecular weight excluding hydrogens is 260 g/mol. The molecule has 2 aliphatic rings. The molecule has 0 radical (unpaired) electrons. The number of carbonyl (C=O) groups excluding carboxylic acids is 1. The lowest BCUT2D eigenvalue weighted by Gasteiger charge is -2.28. The number of halogens is 2. The van der Waals surface area contributed by atoms with Crippen LogP contribution in [0.5, 0.6) is 0 Å². The minimum absolute atomic E-state index is 0.0119. The molecule has 1 aromatic rings. The number of hydrogen-bond acceptors (Lipinski definition) is 1. The van der Waals surface area contributed by atoms with Gasteiger partial charge in [0.15, 0.2) is 0 Å². The third-order valence-electron chi connectivity index (χ3n) is 4.08. The van der Waals surface area contributed by atoms with Gasteiger partial charge < -0.3 is 4.90 Å². The zero-order chi connectivity index (χ0) is 14.1. The number of piperidine rings is 1. The van der Waals surface area contributed by atoms with Crippen LogP contribution in [0.3, 0.4) is 0 Å². The molecule has 0 aromatic heterocycles. The van der Waals surface area contributed by atoms with Gasteiger partial charge in [-0.3, -0.25) is 4.79 Å². The van der Waals surface area contributed by atoms with E-state index in [4.69, 9.17) is 0 Å². The van der Waals surface area contributed by atoms with Crippen LogP contribution < -0.4 is 0 Å². The number of benzene rings is 1. The Kier molecular flexibility index (Phi) is 3.55. The molecule has 20 heavy (non-hydrogen) atoms. The molecular formula is C16H17F2NO. The van der Waals surface area contributed by atoms with E-state index in [2.05, 4.69) is 0 Å². The summed E-state index contributed by atoms with van der Waals surface area (Å²) >= 11 is 0. The van der Waals surface area contributed by atoms with Crippen molar-refractivity contribution in [3.05, 3.63) is 46.5 Å². The summed E-state index contributed by atoms with van der Waals surface area (Å²) in [5.41, 5.74) is 3.35. The topological polar surface area (TPSA) is 20.3 Å². The second-order valence-electron chi connectivity index (χ2n) is 5.50. The molecule has 1 amide bonds. The van der Waals surface area contributed by atoms with Gasteiger partial charge in [0.1, 0.15) is 11.6 Å². The van der Waals surface area contributed by atoms with E-state index in [0.717, 1.165) is 32.0 Å². The van der Waals surface area contributed by atoms with E-state index in [1.54, 1.807) is 10.5 Å². The van der Waals surface area contributed by atoms with Gasteiger partial charge in [-0.15, -0.1) is 0 Å². The molecule has 0 N–H and O–H groups in total. The molecule has 0 spiro atoms. The Morgan fingerprint density at radius 3 is 2.30 bits per heavy atom. The number of hydrogen-bond donors (Lipinski definition) is 0. The van der Waals surface area contributed by atoms with Crippen molar-refractivity contribution < 1.29 is 13.6 Å². The zero-order valence-corrected chi connectivity index (χ0v) is 11.3. The number of nitrogens with zero attached hydrogens (tertiary/aromatic N) is 1. The highest BCUT2D eigenvalue weighted by atomic mass is 19.1. The smallest absolute Gasteiger partial charge is 0.227 e. The van der Waals surface area contributed by atoms with Gasteiger partial charge in [0.25, 0.3) is 0 Å². The number of carbonyl (C=O) groups is 1. The largest absolute Gasteiger partial charge is 0.342 e. The third kappa shape index (κ3) is 2.89. The predicted octanol–water partition coefficient (Wildman–Crippen LogP) is 3.22. The van der Waals surface area contributed by atoms with E-state index in [-0.39, 0.29) is 17.9 Å². The third-order valence-corrected chi connectivity index (χ3v) is 4.08. The Bertz CT molecular complexity index is 564. The molecule has 1 heterocycles. The molecule has 2 fully saturated rings. The molecule has 1 aliphatic heterocycles. The van der Waals surface area contributed by atoms with Crippen LogP contribution in [0.15, 0.2) is 29.3 Å². The minimum Gasteiger partial charge on any atom is -0.342 e. The molecule has 1 aliphatic carbocycles. The maximum absolute atomic E-state index is 13.5. The zero-order valence-electron chi connectivity index (χ0n) is 11.3. The van der Waals surface area contributed by atoms with Crippen molar-refractivity contribution in [1.29, 1.82) is 0 Å². The van der Waals surface area contributed by atoms with Crippen LogP contribution in [0.4, 0.5) is 8.78 Å². The molecule has 0 atom stereocenters. The lowest BCUT2D eigenvalue weighted by molar-refractivity contribution is -0.130. The predicted molar refractivity (Wildman–Crippen MR) is 72.1 cm³/mol.